The molecule has 0 aliphatic heterocycles. The standard InChI is InChI=1S/C14H14BrNO3S/c1-18-9-3-5-11(12(7-9)19-2)14(17)16-8-10-4-6-13(15)20-10/h3-7H,8H2,1-2H3,(H,16,17). The van der Waals surface area contributed by atoms with Crippen LogP contribution in [0, 0.1) is 0 Å². The Kier molecular flexibility index (Phi) is 5.03. The summed E-state index contributed by atoms with van der Waals surface area (Å²) in [4.78, 5) is 13.2. The molecule has 0 aliphatic carbocycles. The van der Waals surface area contributed by atoms with Crippen LogP contribution in [-0.4, -0.2) is 20.1 Å². The van der Waals surface area contributed by atoms with Crippen molar-refractivity contribution in [3.8, 4) is 11.5 Å². The zero-order valence-corrected chi connectivity index (χ0v) is 13.5. The average molecular weight is 356 g/mol. The second-order valence-electron chi connectivity index (χ2n) is 3.95. The first-order chi connectivity index (χ1) is 9.63. The highest BCUT2D eigenvalue weighted by Gasteiger charge is 2.13. The molecule has 2 aromatic rings. The molecular formula is C14H14BrNO3S. The van der Waals surface area contributed by atoms with Crippen LogP contribution in [0.3, 0.4) is 0 Å². The van der Waals surface area contributed by atoms with Crippen molar-refractivity contribution in [3.63, 3.8) is 0 Å². The van der Waals surface area contributed by atoms with Crippen LogP contribution >= 0.6 is 27.3 Å². The lowest BCUT2D eigenvalue weighted by molar-refractivity contribution is 0.0948. The predicted octanol–water partition coefficient (Wildman–Crippen LogP) is 3.46. The fourth-order valence-corrected chi connectivity index (χ4v) is 3.12. The predicted molar refractivity (Wildman–Crippen MR) is 82.7 cm³/mol. The van der Waals surface area contributed by atoms with Crippen LogP contribution in [0.5, 0.6) is 11.5 Å². The Morgan fingerprint density at radius 2 is 2.05 bits per heavy atom. The summed E-state index contributed by atoms with van der Waals surface area (Å²) in [5.74, 6) is 0.976. The molecular weight excluding hydrogens is 342 g/mol. The van der Waals surface area contributed by atoms with Crippen molar-refractivity contribution in [2.75, 3.05) is 14.2 Å². The van der Waals surface area contributed by atoms with E-state index >= 15 is 0 Å². The van der Waals surface area contributed by atoms with E-state index in [2.05, 4.69) is 21.2 Å². The molecule has 0 fully saturated rings. The first kappa shape index (κ1) is 14.9. The number of hydrogen-bond donors (Lipinski definition) is 1. The van der Waals surface area contributed by atoms with Gasteiger partial charge >= 0.3 is 0 Å². The minimum atomic E-state index is -0.172. The number of benzene rings is 1. The second kappa shape index (κ2) is 6.76. The number of amides is 1. The first-order valence-corrected chi connectivity index (χ1v) is 7.49. The number of nitrogens with one attached hydrogen (secondary N) is 1. The highest BCUT2D eigenvalue weighted by atomic mass is 79.9. The second-order valence-corrected chi connectivity index (χ2v) is 6.50. The Morgan fingerprint density at radius 3 is 2.65 bits per heavy atom. The van der Waals surface area contributed by atoms with Crippen molar-refractivity contribution in [2.45, 2.75) is 6.54 Å². The molecule has 6 heteroatoms. The van der Waals surface area contributed by atoms with Gasteiger partial charge in [-0.2, -0.15) is 0 Å². The molecule has 0 aliphatic rings. The van der Waals surface area contributed by atoms with E-state index < -0.39 is 0 Å². The summed E-state index contributed by atoms with van der Waals surface area (Å²) >= 11 is 4.99. The molecule has 1 amide bonds. The smallest absolute Gasteiger partial charge is 0.255 e. The summed E-state index contributed by atoms with van der Waals surface area (Å²) in [6, 6.07) is 9.05. The molecule has 0 saturated heterocycles. The first-order valence-electron chi connectivity index (χ1n) is 5.88. The van der Waals surface area contributed by atoms with Gasteiger partial charge in [-0.25, -0.2) is 0 Å². The van der Waals surface area contributed by atoms with Crippen LogP contribution in [-0.2, 0) is 6.54 Å². The van der Waals surface area contributed by atoms with Gasteiger partial charge in [0.1, 0.15) is 11.5 Å². The lowest BCUT2D eigenvalue weighted by atomic mass is 10.1. The lowest BCUT2D eigenvalue weighted by Crippen LogP contribution is -2.22. The number of carbonyl (C=O) groups excluding carboxylic acids is 1. The summed E-state index contributed by atoms with van der Waals surface area (Å²) in [6.45, 7) is 0.490. The normalized spacial score (nSPS) is 10.2. The number of carbonyl (C=O) groups is 1. The number of halogens is 1. The third-order valence-electron chi connectivity index (χ3n) is 2.71. The van der Waals surface area contributed by atoms with Gasteiger partial charge in [0.2, 0.25) is 0 Å². The summed E-state index contributed by atoms with van der Waals surface area (Å²) in [7, 11) is 3.10. The zero-order valence-electron chi connectivity index (χ0n) is 11.1. The van der Waals surface area contributed by atoms with Gasteiger partial charge in [0.15, 0.2) is 0 Å². The van der Waals surface area contributed by atoms with E-state index in [4.69, 9.17) is 9.47 Å². The fraction of sp³-hybridized carbons (Fsp3) is 0.214. The number of thiophene rings is 1. The van der Waals surface area contributed by atoms with Crippen molar-refractivity contribution < 1.29 is 14.3 Å². The van der Waals surface area contributed by atoms with Gasteiger partial charge in [-0.15, -0.1) is 11.3 Å². The molecule has 0 spiro atoms. The van der Waals surface area contributed by atoms with Crippen LogP contribution in [0.2, 0.25) is 0 Å². The molecule has 0 bridgehead atoms. The highest BCUT2D eigenvalue weighted by molar-refractivity contribution is 9.11. The molecule has 0 saturated carbocycles. The van der Waals surface area contributed by atoms with Crippen LogP contribution in [0.4, 0.5) is 0 Å². The van der Waals surface area contributed by atoms with Gasteiger partial charge in [-0.1, -0.05) is 0 Å². The van der Waals surface area contributed by atoms with Gasteiger partial charge in [-0.05, 0) is 40.2 Å². The van der Waals surface area contributed by atoms with Crippen molar-refractivity contribution in [3.05, 3.63) is 44.6 Å². The molecule has 0 unspecified atom stereocenters. The number of rotatable bonds is 5. The van der Waals surface area contributed by atoms with Crippen LogP contribution in [0.1, 0.15) is 15.2 Å². The van der Waals surface area contributed by atoms with Gasteiger partial charge in [0.05, 0.1) is 30.1 Å². The monoisotopic (exact) mass is 355 g/mol. The molecule has 0 atom stereocenters. The third kappa shape index (κ3) is 3.52. The van der Waals surface area contributed by atoms with E-state index in [9.17, 15) is 4.79 Å². The van der Waals surface area contributed by atoms with Gasteiger partial charge in [0, 0.05) is 10.9 Å². The van der Waals surface area contributed by atoms with Gasteiger partial charge in [-0.3, -0.25) is 4.79 Å². The SMILES string of the molecule is COc1ccc(C(=O)NCc2ccc(Br)s2)c(OC)c1. The summed E-state index contributed by atoms with van der Waals surface area (Å²) in [6.07, 6.45) is 0. The minimum Gasteiger partial charge on any atom is -0.497 e. The fourth-order valence-electron chi connectivity index (χ4n) is 1.70. The van der Waals surface area contributed by atoms with Crippen molar-refractivity contribution in [1.29, 1.82) is 0 Å². The Morgan fingerprint density at radius 1 is 1.25 bits per heavy atom. The topological polar surface area (TPSA) is 47.6 Å². The maximum Gasteiger partial charge on any atom is 0.255 e. The van der Waals surface area contributed by atoms with Crippen LogP contribution in [0.25, 0.3) is 0 Å². The van der Waals surface area contributed by atoms with Gasteiger partial charge < -0.3 is 14.8 Å². The van der Waals surface area contributed by atoms with Crippen molar-refractivity contribution in [2.24, 2.45) is 0 Å². The van der Waals surface area contributed by atoms with E-state index in [0.717, 1.165) is 8.66 Å². The van der Waals surface area contributed by atoms with Crippen LogP contribution in [0.15, 0.2) is 34.1 Å². The van der Waals surface area contributed by atoms with E-state index in [-0.39, 0.29) is 5.91 Å². The molecule has 20 heavy (non-hydrogen) atoms. The van der Waals surface area contributed by atoms with E-state index in [1.807, 2.05) is 12.1 Å². The molecule has 4 nitrogen and oxygen atoms in total. The van der Waals surface area contributed by atoms with E-state index in [1.54, 1.807) is 36.6 Å². The highest BCUT2D eigenvalue weighted by Crippen LogP contribution is 2.25. The van der Waals surface area contributed by atoms with E-state index in [1.165, 1.54) is 7.11 Å². The number of ether oxygens (including phenoxy) is 2. The summed E-state index contributed by atoms with van der Waals surface area (Å²) < 4.78 is 11.4. The quantitative estimate of drug-likeness (QED) is 0.893. The third-order valence-corrected chi connectivity index (χ3v) is 4.33. The molecule has 1 aromatic heterocycles. The van der Waals surface area contributed by atoms with Crippen molar-refractivity contribution >= 4 is 33.2 Å². The molecule has 1 aromatic carbocycles. The summed E-state index contributed by atoms with van der Waals surface area (Å²) in [5, 5.41) is 2.87. The van der Waals surface area contributed by atoms with Gasteiger partial charge in [0.25, 0.3) is 5.91 Å². The largest absolute Gasteiger partial charge is 0.497 e. The molecule has 2 rings (SSSR count). The lowest BCUT2D eigenvalue weighted by Gasteiger charge is -2.10. The average Bonchev–Trinajstić information content (AvgIpc) is 2.89. The molecule has 0 radical (unpaired) electrons. The Bertz CT molecular complexity index is 612. The maximum absolute atomic E-state index is 12.2. The zero-order chi connectivity index (χ0) is 14.5. The molecule has 106 valence electrons. The Balaban J connectivity index is 2.08. The Labute approximate surface area is 129 Å². The van der Waals surface area contributed by atoms with Crippen molar-refractivity contribution in [1.82, 2.24) is 5.32 Å². The van der Waals surface area contributed by atoms with E-state index in [0.29, 0.717) is 23.6 Å². The maximum atomic E-state index is 12.2. The number of methoxy groups -OCH3 is 2. The minimum absolute atomic E-state index is 0.172. The molecule has 1 heterocycles. The summed E-state index contributed by atoms with van der Waals surface area (Å²) in [5.41, 5.74) is 0.490. The Hall–Kier alpha value is -1.53. The number of hydrogen-bond acceptors (Lipinski definition) is 4. The molecule has 1 N–H and O–H groups in total. The van der Waals surface area contributed by atoms with Crippen LogP contribution < -0.4 is 14.8 Å².